The molecule has 3 atom stereocenters. The number of hydrogen-bond donors (Lipinski definition) is 1. The third kappa shape index (κ3) is 10.7. The molecule has 5 rings (SSSR count). The summed E-state index contributed by atoms with van der Waals surface area (Å²) >= 11 is 0. The Morgan fingerprint density at radius 2 is 1.67 bits per heavy atom. The van der Waals surface area contributed by atoms with Crippen LogP contribution in [-0.4, -0.2) is 112 Å². The predicted octanol–water partition coefficient (Wildman–Crippen LogP) is 5.98. The number of nitrogens with zero attached hydrogens (tertiary/aromatic N) is 5. The number of fused-ring (bicyclic) bond motifs is 5. The molecule has 21 heteroatoms. The van der Waals surface area contributed by atoms with Crippen LogP contribution in [0.25, 0.3) is 0 Å². The van der Waals surface area contributed by atoms with E-state index in [0.29, 0.717) is 31.0 Å². The van der Waals surface area contributed by atoms with E-state index < -0.39 is 96.4 Å². The number of oxime groups is 1. The van der Waals surface area contributed by atoms with Crippen molar-refractivity contribution in [3.05, 3.63) is 63.1 Å². The topological polar surface area (TPSA) is 197 Å². The van der Waals surface area contributed by atoms with Crippen molar-refractivity contribution in [1.82, 2.24) is 24.6 Å². The molecule has 60 heavy (non-hydrogen) atoms. The van der Waals surface area contributed by atoms with Crippen LogP contribution in [0.2, 0.25) is 0 Å². The highest BCUT2D eigenvalue weighted by molar-refractivity contribution is 7.48. The minimum Gasteiger partial charge on any atom is -0.422 e. The van der Waals surface area contributed by atoms with Gasteiger partial charge in [-0.1, -0.05) is 11.2 Å². The molecule has 2 aromatic rings. The minimum absolute atomic E-state index is 0.0592. The van der Waals surface area contributed by atoms with Gasteiger partial charge >= 0.3 is 20.0 Å². The molecule has 330 valence electrons. The maximum atomic E-state index is 14.5. The number of pyridine rings is 1. The molecular formula is C39H53F2N6O12P. The lowest BCUT2D eigenvalue weighted by Gasteiger charge is -2.42. The SMILES string of the molecule is CC1=NO[C@@]2(CC[C@H](C)N3C[C@H]2n2cc(C(=O)NCc4ccc(F)cc4F)c(=O)c(OC(=O)N(C)CCN(C)C(=O)OCOP(=O)(OC(C)(C)C)OC(C)(C)C)c2C3=O)C1. The van der Waals surface area contributed by atoms with E-state index in [1.165, 1.54) is 24.9 Å². The van der Waals surface area contributed by atoms with Crippen molar-refractivity contribution < 1.29 is 60.4 Å². The largest absolute Gasteiger partial charge is 0.478 e. The van der Waals surface area contributed by atoms with Crippen molar-refractivity contribution in [2.24, 2.45) is 5.16 Å². The van der Waals surface area contributed by atoms with Gasteiger partial charge in [-0.15, -0.1) is 0 Å². The average Bonchev–Trinajstić information content (AvgIpc) is 3.46. The smallest absolute Gasteiger partial charge is 0.422 e. The summed E-state index contributed by atoms with van der Waals surface area (Å²) in [4.78, 5) is 78.4. The van der Waals surface area contributed by atoms with Crippen LogP contribution in [0.3, 0.4) is 0 Å². The van der Waals surface area contributed by atoms with Gasteiger partial charge in [0.05, 0.1) is 23.0 Å². The molecule has 3 aliphatic heterocycles. The second-order valence-corrected chi connectivity index (χ2v) is 18.6. The first-order valence-corrected chi connectivity index (χ1v) is 20.8. The summed E-state index contributed by atoms with van der Waals surface area (Å²) in [5.41, 5.74) is -4.08. The molecule has 1 spiro atoms. The van der Waals surface area contributed by atoms with Crippen molar-refractivity contribution in [3.63, 3.8) is 0 Å². The molecule has 4 heterocycles. The molecule has 1 saturated heterocycles. The number of phosphoric acid groups is 1. The molecule has 4 amide bonds. The van der Waals surface area contributed by atoms with Crippen LogP contribution >= 0.6 is 7.82 Å². The molecule has 0 radical (unpaired) electrons. The van der Waals surface area contributed by atoms with Crippen LogP contribution in [0.4, 0.5) is 18.4 Å². The quantitative estimate of drug-likeness (QED) is 0.194. The van der Waals surface area contributed by atoms with E-state index in [2.05, 4.69) is 10.5 Å². The third-order valence-corrected chi connectivity index (χ3v) is 11.8. The standard InChI is InChI=1S/C39H53F2N6O12P/c1-23-18-39(57-43-23)14-13-24(2)46-21-29(39)47-20-27(33(49)42-19-25-11-12-26(40)17-28(25)41)31(48)32(30(47)34(46)50)56-36(52)45(10)16-15-44(9)35(51)54-22-55-60(53,58-37(3,4)5)59-38(6,7)8/h11-12,17,20,24,29H,13-16,18-19,21-22H2,1-10H3,(H,42,49)/t24-,29+,39-/m0/s1. The van der Waals surface area contributed by atoms with Crippen molar-refractivity contribution in [2.45, 2.75) is 110 Å². The van der Waals surface area contributed by atoms with Gasteiger partial charge in [0.1, 0.15) is 17.2 Å². The number of halogens is 2. The number of carbonyl (C=O) groups excluding carboxylic acids is 4. The first kappa shape index (κ1) is 46.2. The van der Waals surface area contributed by atoms with Gasteiger partial charge in [0.15, 0.2) is 11.3 Å². The van der Waals surface area contributed by atoms with Crippen LogP contribution in [0.1, 0.15) is 107 Å². The maximum absolute atomic E-state index is 14.5. The number of carbonyl (C=O) groups is 4. The van der Waals surface area contributed by atoms with Crippen molar-refractivity contribution >= 4 is 37.5 Å². The van der Waals surface area contributed by atoms with E-state index in [1.54, 1.807) is 53.4 Å². The Bertz CT molecular complexity index is 2130. The van der Waals surface area contributed by atoms with Crippen LogP contribution in [0, 0.1) is 11.6 Å². The minimum atomic E-state index is -4.18. The number of phosphoric ester groups is 1. The molecule has 18 nitrogen and oxygen atoms in total. The van der Waals surface area contributed by atoms with Gasteiger partial charge in [-0.25, -0.2) is 27.5 Å². The molecule has 2 bridgehead atoms. The zero-order valence-corrected chi connectivity index (χ0v) is 36.4. The lowest BCUT2D eigenvalue weighted by Crippen LogP contribution is -2.52. The third-order valence-electron chi connectivity index (χ3n) is 9.87. The second-order valence-electron chi connectivity index (χ2n) is 17.1. The number of ether oxygens (including phenoxy) is 2. The highest BCUT2D eigenvalue weighted by Crippen LogP contribution is 2.55. The van der Waals surface area contributed by atoms with Gasteiger partial charge in [-0.2, -0.15) is 0 Å². The molecule has 0 aliphatic carbocycles. The summed E-state index contributed by atoms with van der Waals surface area (Å²) in [5.74, 6) is -4.06. The molecular weight excluding hydrogens is 813 g/mol. The van der Waals surface area contributed by atoms with E-state index in [9.17, 15) is 37.3 Å². The van der Waals surface area contributed by atoms with Gasteiger partial charge in [0.2, 0.25) is 18.0 Å². The van der Waals surface area contributed by atoms with E-state index >= 15 is 0 Å². The fraction of sp³-hybridized carbons (Fsp3) is 0.590. The number of nitrogens with one attached hydrogen (secondary N) is 1. The summed E-state index contributed by atoms with van der Waals surface area (Å²) in [5, 5.41) is 6.67. The maximum Gasteiger partial charge on any atom is 0.478 e. The summed E-state index contributed by atoms with van der Waals surface area (Å²) < 4.78 is 69.8. The van der Waals surface area contributed by atoms with Crippen molar-refractivity contribution in [3.8, 4) is 5.75 Å². The highest BCUT2D eigenvalue weighted by Gasteiger charge is 2.54. The summed E-state index contributed by atoms with van der Waals surface area (Å²) in [7, 11) is -1.50. The van der Waals surface area contributed by atoms with Gasteiger partial charge < -0.3 is 38.9 Å². The molecule has 1 aromatic heterocycles. The predicted molar refractivity (Wildman–Crippen MR) is 212 cm³/mol. The Morgan fingerprint density at radius 1 is 1.03 bits per heavy atom. The van der Waals surface area contributed by atoms with Crippen LogP contribution in [-0.2, 0) is 34.3 Å². The van der Waals surface area contributed by atoms with E-state index in [1.807, 2.05) is 6.92 Å². The van der Waals surface area contributed by atoms with Gasteiger partial charge in [0.25, 0.3) is 11.8 Å². The average molecular weight is 867 g/mol. The van der Waals surface area contributed by atoms with E-state index in [-0.39, 0.29) is 36.9 Å². The monoisotopic (exact) mass is 866 g/mol. The first-order valence-electron chi connectivity index (χ1n) is 19.3. The van der Waals surface area contributed by atoms with Gasteiger partial charge in [0, 0.05) is 70.6 Å². The lowest BCUT2D eigenvalue weighted by molar-refractivity contribution is -0.0655. The highest BCUT2D eigenvalue weighted by atomic mass is 31.2. The summed E-state index contributed by atoms with van der Waals surface area (Å²) in [6.45, 7) is 12.2. The van der Waals surface area contributed by atoms with Gasteiger partial charge in [-0.05, 0) is 74.3 Å². The molecule has 1 aromatic carbocycles. The van der Waals surface area contributed by atoms with Crippen LogP contribution in [0.15, 0.2) is 34.3 Å². The lowest BCUT2D eigenvalue weighted by atomic mass is 9.84. The molecule has 0 saturated carbocycles. The number of amides is 4. The van der Waals surface area contributed by atoms with Crippen molar-refractivity contribution in [2.75, 3.05) is 40.5 Å². The molecule has 0 unspecified atom stereocenters. The number of rotatable bonds is 12. The Labute approximate surface area is 346 Å². The number of benzene rings is 1. The van der Waals surface area contributed by atoms with Crippen LogP contribution in [0.5, 0.6) is 5.75 Å². The zero-order chi connectivity index (χ0) is 44.5. The Balaban J connectivity index is 1.37. The second kappa shape index (κ2) is 17.6. The fourth-order valence-corrected chi connectivity index (χ4v) is 8.61. The number of aromatic nitrogens is 1. The van der Waals surface area contributed by atoms with Gasteiger partial charge in [-0.3, -0.25) is 23.4 Å². The Hall–Kier alpha value is -4.91. The number of likely N-dealkylation sites (N-methyl/N-ethyl adjacent to an activating group) is 2. The first-order chi connectivity index (χ1) is 27.8. The van der Waals surface area contributed by atoms with E-state index in [0.717, 1.165) is 21.9 Å². The Morgan fingerprint density at radius 3 is 2.25 bits per heavy atom. The Kier molecular flexibility index (Phi) is 13.5. The molecule has 1 fully saturated rings. The molecule has 1 N–H and O–H groups in total. The normalized spacial score (nSPS) is 20.2. The van der Waals surface area contributed by atoms with Crippen molar-refractivity contribution in [1.29, 1.82) is 0 Å². The summed E-state index contributed by atoms with van der Waals surface area (Å²) in [6.07, 6.45) is 0.556. The van der Waals surface area contributed by atoms with Crippen LogP contribution < -0.4 is 15.5 Å². The van der Waals surface area contributed by atoms with E-state index in [4.69, 9.17) is 27.9 Å². The molecule has 3 aliphatic rings. The zero-order valence-electron chi connectivity index (χ0n) is 35.5. The fourth-order valence-electron chi connectivity index (χ4n) is 6.94. The number of hydrogen-bond acceptors (Lipinski definition) is 13. The summed E-state index contributed by atoms with van der Waals surface area (Å²) in [6, 6.07) is 1.82.